The molecule has 2 rings (SSSR count). The van der Waals surface area contributed by atoms with Gasteiger partial charge in [0.2, 0.25) is 0 Å². The molecule has 0 spiro atoms. The zero-order valence-corrected chi connectivity index (χ0v) is 10.6. The van der Waals surface area contributed by atoms with Gasteiger partial charge in [-0.2, -0.15) is 0 Å². The Labute approximate surface area is 105 Å². The summed E-state index contributed by atoms with van der Waals surface area (Å²) in [5.74, 6) is 0.906. The van der Waals surface area contributed by atoms with E-state index in [0.29, 0.717) is 0 Å². The number of hydrogen-bond donors (Lipinski definition) is 0. The largest absolute Gasteiger partial charge is 0.291 e. The second-order valence-electron chi connectivity index (χ2n) is 3.45. The first kappa shape index (κ1) is 11.4. The van der Waals surface area contributed by atoms with E-state index >= 15 is 0 Å². The molecular formula is C12H12N2S2. The average molecular weight is 248 g/mol. The number of thioether (sulfide) groups is 1. The molecule has 1 aromatic heterocycles. The number of aryl methyl sites for hydroxylation is 1. The third-order valence-electron chi connectivity index (χ3n) is 2.33. The molecule has 0 atom stereocenters. The second-order valence-corrected chi connectivity index (χ2v) is 5.06. The van der Waals surface area contributed by atoms with Gasteiger partial charge in [-0.3, -0.25) is 4.57 Å². The fourth-order valence-electron chi connectivity index (χ4n) is 1.35. The van der Waals surface area contributed by atoms with E-state index in [9.17, 15) is 0 Å². The lowest BCUT2D eigenvalue weighted by molar-refractivity contribution is 1.18. The maximum Gasteiger partial charge on any atom is 0.146 e. The molecule has 0 saturated heterocycles. The Morgan fingerprint density at radius 3 is 2.94 bits per heavy atom. The van der Waals surface area contributed by atoms with Crippen LogP contribution in [0.3, 0.4) is 0 Å². The molecule has 82 valence electrons. The van der Waals surface area contributed by atoms with Crippen molar-refractivity contribution in [2.24, 2.45) is 0 Å². The molecule has 0 bridgehead atoms. The molecule has 4 heteroatoms. The van der Waals surface area contributed by atoms with Crippen molar-refractivity contribution in [3.05, 3.63) is 54.1 Å². The van der Waals surface area contributed by atoms with Crippen molar-refractivity contribution in [1.82, 2.24) is 9.55 Å². The summed E-state index contributed by atoms with van der Waals surface area (Å²) in [4.78, 5) is 3.98. The van der Waals surface area contributed by atoms with Crippen molar-refractivity contribution in [3.63, 3.8) is 0 Å². The first-order valence-corrected chi connectivity index (χ1v) is 6.36. The van der Waals surface area contributed by atoms with Crippen LogP contribution in [-0.2, 0) is 5.75 Å². The van der Waals surface area contributed by atoms with E-state index in [0.717, 1.165) is 10.1 Å². The third-order valence-corrected chi connectivity index (χ3v) is 3.81. The number of thiocarbonyl (C=S) groups is 1. The maximum absolute atomic E-state index is 5.30. The summed E-state index contributed by atoms with van der Waals surface area (Å²) < 4.78 is 2.69. The van der Waals surface area contributed by atoms with Crippen LogP contribution in [0.2, 0.25) is 0 Å². The summed E-state index contributed by atoms with van der Waals surface area (Å²) >= 11 is 6.96. The molecule has 0 aliphatic rings. The lowest BCUT2D eigenvalue weighted by atomic mass is 10.1. The second kappa shape index (κ2) is 5.27. The number of hydrogen-bond acceptors (Lipinski definition) is 3. The quantitative estimate of drug-likeness (QED) is 0.760. The monoisotopic (exact) mass is 248 g/mol. The fourth-order valence-corrected chi connectivity index (χ4v) is 2.50. The third kappa shape index (κ3) is 2.71. The Morgan fingerprint density at radius 1 is 1.44 bits per heavy atom. The molecule has 0 amide bonds. The van der Waals surface area contributed by atoms with Gasteiger partial charge in [0.05, 0.1) is 0 Å². The molecule has 1 aromatic carbocycles. The van der Waals surface area contributed by atoms with E-state index in [-0.39, 0.29) is 0 Å². The zero-order chi connectivity index (χ0) is 11.4. The molecule has 0 N–H and O–H groups in total. The first-order chi connectivity index (χ1) is 7.77. The van der Waals surface area contributed by atoms with Crippen molar-refractivity contribution in [3.8, 4) is 0 Å². The molecule has 0 aliphatic carbocycles. The van der Waals surface area contributed by atoms with Gasteiger partial charge in [0.25, 0.3) is 0 Å². The Kier molecular flexibility index (Phi) is 3.74. The van der Waals surface area contributed by atoms with E-state index in [4.69, 9.17) is 12.2 Å². The molecule has 0 fully saturated rings. The van der Waals surface area contributed by atoms with Gasteiger partial charge in [-0.05, 0) is 18.1 Å². The Hall–Kier alpha value is -1.13. The molecule has 16 heavy (non-hydrogen) atoms. The highest BCUT2D eigenvalue weighted by molar-refractivity contribution is 8.22. The molecule has 0 radical (unpaired) electrons. The summed E-state index contributed by atoms with van der Waals surface area (Å²) in [6, 6.07) is 8.37. The van der Waals surface area contributed by atoms with E-state index in [1.165, 1.54) is 11.1 Å². The highest BCUT2D eigenvalue weighted by Gasteiger charge is 2.02. The normalized spacial score (nSPS) is 10.3. The summed E-state index contributed by atoms with van der Waals surface area (Å²) in [5, 5.41) is 0. The lowest BCUT2D eigenvalue weighted by Crippen LogP contribution is -2.02. The molecule has 0 aliphatic heterocycles. The smallest absolute Gasteiger partial charge is 0.146 e. The van der Waals surface area contributed by atoms with Crippen LogP contribution in [0.1, 0.15) is 11.1 Å². The van der Waals surface area contributed by atoms with E-state index in [1.807, 2.05) is 10.8 Å². The van der Waals surface area contributed by atoms with Crippen LogP contribution < -0.4 is 0 Å². The van der Waals surface area contributed by atoms with Crippen LogP contribution in [0, 0.1) is 6.92 Å². The Balaban J connectivity index is 1.98. The number of benzene rings is 1. The van der Waals surface area contributed by atoms with Gasteiger partial charge in [0, 0.05) is 18.1 Å². The maximum atomic E-state index is 5.30. The van der Waals surface area contributed by atoms with Crippen LogP contribution in [0.15, 0.2) is 43.0 Å². The number of rotatable bonds is 2. The topological polar surface area (TPSA) is 17.8 Å². The molecule has 0 unspecified atom stereocenters. The highest BCUT2D eigenvalue weighted by atomic mass is 32.2. The molecule has 2 nitrogen and oxygen atoms in total. The first-order valence-electron chi connectivity index (χ1n) is 4.97. The van der Waals surface area contributed by atoms with Crippen molar-refractivity contribution in [1.29, 1.82) is 0 Å². The fraction of sp³-hybridized carbons (Fsp3) is 0.167. The van der Waals surface area contributed by atoms with E-state index in [1.54, 1.807) is 24.3 Å². The van der Waals surface area contributed by atoms with Gasteiger partial charge in [-0.1, -0.05) is 48.2 Å². The van der Waals surface area contributed by atoms with Crippen molar-refractivity contribution in [2.75, 3.05) is 0 Å². The van der Waals surface area contributed by atoms with Gasteiger partial charge in [-0.25, -0.2) is 4.98 Å². The van der Waals surface area contributed by atoms with Gasteiger partial charge in [0.1, 0.15) is 10.6 Å². The van der Waals surface area contributed by atoms with Gasteiger partial charge >= 0.3 is 0 Å². The minimum Gasteiger partial charge on any atom is -0.291 e. The average Bonchev–Trinajstić information content (AvgIpc) is 2.81. The Morgan fingerprint density at radius 2 is 2.25 bits per heavy atom. The van der Waals surface area contributed by atoms with Gasteiger partial charge in [-0.15, -0.1) is 0 Å². The molecular weight excluding hydrogens is 236 g/mol. The number of nitrogens with zero attached hydrogens (tertiary/aromatic N) is 2. The summed E-state index contributed by atoms with van der Waals surface area (Å²) in [6.07, 6.45) is 5.33. The van der Waals surface area contributed by atoms with Crippen molar-refractivity contribution >= 4 is 28.3 Å². The molecule has 1 heterocycles. The highest BCUT2D eigenvalue weighted by Crippen LogP contribution is 2.17. The summed E-state index contributed by atoms with van der Waals surface area (Å²) in [5.41, 5.74) is 2.64. The predicted molar refractivity (Wildman–Crippen MR) is 72.7 cm³/mol. The van der Waals surface area contributed by atoms with Crippen molar-refractivity contribution in [2.45, 2.75) is 12.7 Å². The van der Waals surface area contributed by atoms with E-state index in [2.05, 4.69) is 36.2 Å². The van der Waals surface area contributed by atoms with Crippen molar-refractivity contribution < 1.29 is 0 Å². The predicted octanol–water partition coefficient (Wildman–Crippen LogP) is 3.26. The Bertz CT molecular complexity index is 478. The van der Waals surface area contributed by atoms with Crippen LogP contribution in [-0.4, -0.2) is 13.9 Å². The summed E-state index contributed by atoms with van der Waals surface area (Å²) in [7, 11) is 0. The zero-order valence-electron chi connectivity index (χ0n) is 8.96. The summed E-state index contributed by atoms with van der Waals surface area (Å²) in [6.45, 7) is 2.12. The van der Waals surface area contributed by atoms with Gasteiger partial charge in [0.15, 0.2) is 0 Å². The SMILES string of the molecule is Cc1ccccc1CSC(=S)n1ccnc1. The van der Waals surface area contributed by atoms with Crippen LogP contribution in [0.25, 0.3) is 0 Å². The standard InChI is InChI=1S/C12H12N2S2/c1-10-4-2-3-5-11(10)8-16-12(15)14-7-6-13-9-14/h2-7,9H,8H2,1H3. The molecule has 2 aromatic rings. The molecule has 0 saturated carbocycles. The number of aromatic nitrogens is 2. The minimum atomic E-state index is 0.834. The number of imidazole rings is 1. The van der Waals surface area contributed by atoms with Crippen LogP contribution in [0.4, 0.5) is 0 Å². The minimum absolute atomic E-state index is 0.834. The van der Waals surface area contributed by atoms with Crippen LogP contribution in [0.5, 0.6) is 0 Å². The van der Waals surface area contributed by atoms with E-state index < -0.39 is 0 Å². The van der Waals surface area contributed by atoms with Gasteiger partial charge < -0.3 is 0 Å². The van der Waals surface area contributed by atoms with Crippen LogP contribution >= 0.6 is 24.0 Å². The lowest BCUT2D eigenvalue weighted by Gasteiger charge is -2.06.